The Balaban J connectivity index is 1.29. The van der Waals surface area contributed by atoms with Crippen LogP contribution in [0.4, 0.5) is 4.39 Å². The first-order valence-corrected chi connectivity index (χ1v) is 8.84. The first kappa shape index (κ1) is 14.6. The summed E-state index contributed by atoms with van der Waals surface area (Å²) in [6, 6.07) is 8.35. The van der Waals surface area contributed by atoms with Crippen molar-refractivity contribution in [2.45, 2.75) is 69.6 Å². The molecule has 3 fully saturated rings. The predicted octanol–water partition coefficient (Wildman–Crippen LogP) is 4.01. The average molecular weight is 303 g/mol. The summed E-state index contributed by atoms with van der Waals surface area (Å²) < 4.78 is 18.9. The van der Waals surface area contributed by atoms with E-state index in [2.05, 4.69) is 12.2 Å². The summed E-state index contributed by atoms with van der Waals surface area (Å²) in [6.45, 7) is 2.95. The molecule has 3 aliphatic rings. The molecule has 0 bridgehead atoms. The predicted molar refractivity (Wildman–Crippen MR) is 85.4 cm³/mol. The van der Waals surface area contributed by atoms with Gasteiger partial charge >= 0.3 is 0 Å². The Labute approximate surface area is 132 Å². The topological polar surface area (TPSA) is 21.3 Å². The van der Waals surface area contributed by atoms with Crippen LogP contribution in [0.15, 0.2) is 24.3 Å². The van der Waals surface area contributed by atoms with Crippen molar-refractivity contribution in [3.05, 3.63) is 35.6 Å². The Kier molecular flexibility index (Phi) is 3.74. The van der Waals surface area contributed by atoms with Crippen LogP contribution in [0.1, 0.15) is 56.9 Å². The molecule has 2 atom stereocenters. The zero-order valence-electron chi connectivity index (χ0n) is 13.4. The fraction of sp³-hybridized carbons (Fsp3) is 0.684. The van der Waals surface area contributed by atoms with Crippen molar-refractivity contribution >= 4 is 0 Å². The van der Waals surface area contributed by atoms with Gasteiger partial charge < -0.3 is 10.1 Å². The highest BCUT2D eigenvalue weighted by molar-refractivity contribution is 5.24. The van der Waals surface area contributed by atoms with Gasteiger partial charge in [0, 0.05) is 24.1 Å². The quantitative estimate of drug-likeness (QED) is 0.887. The van der Waals surface area contributed by atoms with E-state index in [-0.39, 0.29) is 5.82 Å². The van der Waals surface area contributed by atoms with Crippen molar-refractivity contribution < 1.29 is 9.13 Å². The normalized spacial score (nSPS) is 35.5. The second-order valence-corrected chi connectivity index (χ2v) is 7.40. The maximum absolute atomic E-state index is 13.0. The van der Waals surface area contributed by atoms with E-state index in [9.17, 15) is 4.39 Å². The van der Waals surface area contributed by atoms with E-state index in [1.807, 2.05) is 12.1 Å². The number of benzene rings is 1. The molecule has 3 saturated carbocycles. The van der Waals surface area contributed by atoms with E-state index < -0.39 is 0 Å². The molecule has 3 heteroatoms. The maximum atomic E-state index is 13.0. The molecule has 1 N–H and O–H groups in total. The molecule has 1 aromatic rings. The van der Waals surface area contributed by atoms with Crippen LogP contribution in [0, 0.1) is 11.2 Å². The molecule has 2 nitrogen and oxygen atoms in total. The highest BCUT2D eigenvalue weighted by Gasteiger charge is 2.59. The zero-order chi connectivity index (χ0) is 15.2. The minimum Gasteiger partial charge on any atom is -0.378 e. The summed E-state index contributed by atoms with van der Waals surface area (Å²) in [5, 5.41) is 3.89. The summed E-state index contributed by atoms with van der Waals surface area (Å²) in [5.74, 6) is 0.472. The SMILES string of the molecule is CCO[C@@H]1C[C@H](NC2CC(c3ccc(F)cc3)C2)C12CCC2. The van der Waals surface area contributed by atoms with Crippen LogP contribution >= 0.6 is 0 Å². The summed E-state index contributed by atoms with van der Waals surface area (Å²) in [7, 11) is 0. The molecule has 120 valence electrons. The van der Waals surface area contributed by atoms with Gasteiger partial charge in [0.15, 0.2) is 0 Å². The Hall–Kier alpha value is -0.930. The third kappa shape index (κ3) is 2.30. The third-order valence-corrected chi connectivity index (χ3v) is 6.35. The first-order valence-electron chi connectivity index (χ1n) is 8.84. The molecular formula is C19H26FNO. The van der Waals surface area contributed by atoms with Gasteiger partial charge in [0.2, 0.25) is 0 Å². The van der Waals surface area contributed by atoms with Crippen molar-refractivity contribution in [1.82, 2.24) is 5.32 Å². The molecular weight excluding hydrogens is 277 g/mol. The van der Waals surface area contributed by atoms with E-state index in [1.54, 1.807) is 12.1 Å². The summed E-state index contributed by atoms with van der Waals surface area (Å²) >= 11 is 0. The summed E-state index contributed by atoms with van der Waals surface area (Å²) in [5.41, 5.74) is 1.75. The number of nitrogens with one attached hydrogen (secondary N) is 1. The molecule has 0 saturated heterocycles. The van der Waals surface area contributed by atoms with Crippen molar-refractivity contribution in [3.63, 3.8) is 0 Å². The largest absolute Gasteiger partial charge is 0.378 e. The van der Waals surface area contributed by atoms with Gasteiger partial charge in [-0.15, -0.1) is 0 Å². The van der Waals surface area contributed by atoms with Gasteiger partial charge in [-0.2, -0.15) is 0 Å². The van der Waals surface area contributed by atoms with Gasteiger partial charge in [-0.25, -0.2) is 4.39 Å². The Morgan fingerprint density at radius 3 is 2.50 bits per heavy atom. The van der Waals surface area contributed by atoms with Gasteiger partial charge in [-0.3, -0.25) is 0 Å². The smallest absolute Gasteiger partial charge is 0.123 e. The van der Waals surface area contributed by atoms with Crippen molar-refractivity contribution in [2.24, 2.45) is 5.41 Å². The van der Waals surface area contributed by atoms with Gasteiger partial charge in [-0.1, -0.05) is 18.6 Å². The lowest BCUT2D eigenvalue weighted by atomic mass is 9.50. The van der Waals surface area contributed by atoms with E-state index in [1.165, 1.54) is 44.1 Å². The number of halogens is 1. The molecule has 0 aromatic heterocycles. The van der Waals surface area contributed by atoms with Gasteiger partial charge in [0.05, 0.1) is 6.10 Å². The first-order chi connectivity index (χ1) is 10.7. The number of rotatable bonds is 5. The minimum absolute atomic E-state index is 0.138. The van der Waals surface area contributed by atoms with Crippen LogP contribution in [0.2, 0.25) is 0 Å². The van der Waals surface area contributed by atoms with Crippen molar-refractivity contribution in [2.75, 3.05) is 6.61 Å². The van der Waals surface area contributed by atoms with E-state index in [0.29, 0.717) is 29.5 Å². The van der Waals surface area contributed by atoms with Gasteiger partial charge in [0.1, 0.15) is 5.82 Å². The standard InChI is InChI=1S/C19H26FNO/c1-2-22-18-12-17(19(18)8-3-9-19)21-16-10-14(11-16)13-4-6-15(20)7-5-13/h4-7,14,16-18,21H,2-3,8-12H2,1H3/t14?,16?,17-,18+/m0/s1. The second kappa shape index (κ2) is 5.61. The van der Waals surface area contributed by atoms with E-state index >= 15 is 0 Å². The number of ether oxygens (including phenoxy) is 1. The third-order valence-electron chi connectivity index (χ3n) is 6.35. The molecule has 0 heterocycles. The van der Waals surface area contributed by atoms with E-state index in [0.717, 1.165) is 6.61 Å². The van der Waals surface area contributed by atoms with Crippen LogP contribution in [0.3, 0.4) is 0 Å². The molecule has 0 aliphatic heterocycles. The molecule has 22 heavy (non-hydrogen) atoms. The fourth-order valence-corrected chi connectivity index (χ4v) is 4.72. The number of hydrogen-bond acceptors (Lipinski definition) is 2. The Bertz CT molecular complexity index is 519. The average Bonchev–Trinajstić information content (AvgIpc) is 2.39. The molecule has 0 unspecified atom stereocenters. The van der Waals surface area contributed by atoms with E-state index in [4.69, 9.17) is 4.74 Å². The zero-order valence-corrected chi connectivity index (χ0v) is 13.4. The second-order valence-electron chi connectivity index (χ2n) is 7.40. The molecule has 1 aromatic carbocycles. The molecule has 4 rings (SSSR count). The van der Waals surface area contributed by atoms with Gasteiger partial charge in [-0.05, 0) is 62.6 Å². The molecule has 3 aliphatic carbocycles. The van der Waals surface area contributed by atoms with Crippen molar-refractivity contribution in [1.29, 1.82) is 0 Å². The molecule has 0 amide bonds. The summed E-state index contributed by atoms with van der Waals surface area (Å²) in [4.78, 5) is 0. The van der Waals surface area contributed by atoms with Crippen LogP contribution in [0.5, 0.6) is 0 Å². The Morgan fingerprint density at radius 2 is 1.91 bits per heavy atom. The van der Waals surface area contributed by atoms with Crippen LogP contribution < -0.4 is 5.32 Å². The van der Waals surface area contributed by atoms with Crippen LogP contribution in [-0.4, -0.2) is 24.8 Å². The maximum Gasteiger partial charge on any atom is 0.123 e. The molecule has 1 spiro atoms. The minimum atomic E-state index is -0.138. The van der Waals surface area contributed by atoms with Gasteiger partial charge in [0.25, 0.3) is 0 Å². The Morgan fingerprint density at radius 1 is 1.18 bits per heavy atom. The van der Waals surface area contributed by atoms with Crippen LogP contribution in [-0.2, 0) is 4.74 Å². The monoisotopic (exact) mass is 303 g/mol. The highest BCUT2D eigenvalue weighted by Crippen LogP contribution is 2.57. The number of hydrogen-bond donors (Lipinski definition) is 1. The van der Waals surface area contributed by atoms with Crippen LogP contribution in [0.25, 0.3) is 0 Å². The lowest BCUT2D eigenvalue weighted by molar-refractivity contribution is -0.176. The lowest BCUT2D eigenvalue weighted by Gasteiger charge is -2.62. The fourth-order valence-electron chi connectivity index (χ4n) is 4.72. The van der Waals surface area contributed by atoms with Crippen molar-refractivity contribution in [3.8, 4) is 0 Å². The lowest BCUT2D eigenvalue weighted by Crippen LogP contribution is -2.69. The highest BCUT2D eigenvalue weighted by atomic mass is 19.1. The molecule has 0 radical (unpaired) electrons. The summed E-state index contributed by atoms with van der Waals surface area (Å²) in [6.07, 6.45) is 8.11.